The predicted octanol–water partition coefficient (Wildman–Crippen LogP) is 0.291. The zero-order valence-electron chi connectivity index (χ0n) is 5.07. The lowest BCUT2D eigenvalue weighted by atomic mass is 10.4. The van der Waals surface area contributed by atoms with Crippen molar-refractivity contribution >= 4 is 0 Å². The van der Waals surface area contributed by atoms with Crippen LogP contribution in [0.1, 0.15) is 20.3 Å². The second kappa shape index (κ2) is 4.09. The minimum atomic E-state index is 0.199. The third kappa shape index (κ3) is 3.76. The van der Waals surface area contributed by atoms with Gasteiger partial charge in [0.25, 0.3) is 0 Å². The molecule has 0 heterocycles. The Balaban J connectivity index is 2.83. The highest BCUT2D eigenvalue weighted by Crippen LogP contribution is 1.76. The molecule has 3 N–H and O–H groups in total. The number of nitrogens with two attached hydrogens (primary N) is 1. The zero-order valence-corrected chi connectivity index (χ0v) is 5.07. The molecule has 0 aromatic rings. The van der Waals surface area contributed by atoms with Gasteiger partial charge in [0.2, 0.25) is 0 Å². The largest absolute Gasteiger partial charge is 0.316 e. The van der Waals surface area contributed by atoms with Crippen molar-refractivity contribution in [3.8, 4) is 0 Å². The van der Waals surface area contributed by atoms with Crippen molar-refractivity contribution in [2.24, 2.45) is 5.73 Å². The van der Waals surface area contributed by atoms with Gasteiger partial charge in [-0.15, -0.1) is 0 Å². The van der Waals surface area contributed by atoms with Crippen LogP contribution >= 0.6 is 0 Å². The van der Waals surface area contributed by atoms with Crippen molar-refractivity contribution in [2.45, 2.75) is 26.4 Å². The first-order valence-corrected chi connectivity index (χ1v) is 2.80. The van der Waals surface area contributed by atoms with Crippen LogP contribution < -0.4 is 11.1 Å². The fourth-order valence-corrected chi connectivity index (χ4v) is 0.407. The Morgan fingerprint density at radius 2 is 2.14 bits per heavy atom. The summed E-state index contributed by atoms with van der Waals surface area (Å²) in [5.41, 5.74) is 5.47. The molecule has 2 nitrogen and oxygen atoms in total. The van der Waals surface area contributed by atoms with Crippen molar-refractivity contribution in [1.29, 1.82) is 0 Å². The number of hydrogen-bond acceptors (Lipinski definition) is 2. The van der Waals surface area contributed by atoms with Gasteiger partial charge >= 0.3 is 0 Å². The zero-order chi connectivity index (χ0) is 5.70. The molecule has 44 valence electrons. The molecule has 0 spiro atoms. The van der Waals surface area contributed by atoms with E-state index in [9.17, 15) is 0 Å². The van der Waals surface area contributed by atoms with E-state index >= 15 is 0 Å². The quantitative estimate of drug-likeness (QED) is 0.503. The molecule has 0 aromatic heterocycles. The summed E-state index contributed by atoms with van der Waals surface area (Å²) in [7, 11) is 0. The van der Waals surface area contributed by atoms with Gasteiger partial charge in [-0.3, -0.25) is 0 Å². The average molecular weight is 102 g/mol. The van der Waals surface area contributed by atoms with E-state index in [1.807, 2.05) is 0 Å². The summed E-state index contributed by atoms with van der Waals surface area (Å²) in [5, 5.41) is 3.07. The van der Waals surface area contributed by atoms with Gasteiger partial charge in [0, 0.05) is 0 Å². The lowest BCUT2D eigenvalue weighted by Crippen LogP contribution is -2.36. The molecule has 0 radical (unpaired) electrons. The Morgan fingerprint density at radius 3 is 2.29 bits per heavy atom. The summed E-state index contributed by atoms with van der Waals surface area (Å²) in [6.07, 6.45) is 1.21. The van der Waals surface area contributed by atoms with Crippen molar-refractivity contribution in [3.05, 3.63) is 0 Å². The number of nitrogens with one attached hydrogen (secondary N) is 1. The maximum Gasteiger partial charge on any atom is 0.0543 e. The van der Waals surface area contributed by atoms with Gasteiger partial charge in [-0.1, -0.05) is 13.8 Å². The summed E-state index contributed by atoms with van der Waals surface area (Å²) >= 11 is 0. The van der Waals surface area contributed by atoms with Crippen molar-refractivity contribution < 1.29 is 0 Å². The van der Waals surface area contributed by atoms with E-state index in [0.717, 1.165) is 13.0 Å². The maximum absolute atomic E-state index is 5.47. The van der Waals surface area contributed by atoms with Crippen LogP contribution in [0.4, 0.5) is 0 Å². The fourth-order valence-electron chi connectivity index (χ4n) is 0.407. The molecule has 0 aliphatic rings. The van der Waals surface area contributed by atoms with E-state index in [2.05, 4.69) is 19.2 Å². The van der Waals surface area contributed by atoms with E-state index < -0.39 is 0 Å². The van der Waals surface area contributed by atoms with E-state index in [1.54, 1.807) is 0 Å². The van der Waals surface area contributed by atoms with Gasteiger partial charge in [0.15, 0.2) is 0 Å². The van der Waals surface area contributed by atoms with Crippen LogP contribution in [0, 0.1) is 0 Å². The monoisotopic (exact) mass is 102 g/mol. The molecule has 0 saturated carbocycles. The molecule has 1 unspecified atom stereocenters. The van der Waals surface area contributed by atoms with Gasteiger partial charge in [-0.25, -0.2) is 0 Å². The molecule has 0 bridgehead atoms. The van der Waals surface area contributed by atoms with E-state index in [1.165, 1.54) is 0 Å². The summed E-state index contributed by atoms with van der Waals surface area (Å²) in [4.78, 5) is 0. The normalized spacial score (nSPS) is 14.1. The third-order valence-electron chi connectivity index (χ3n) is 0.906. The summed E-state index contributed by atoms with van der Waals surface area (Å²) < 4.78 is 0. The number of hydrogen-bond donors (Lipinski definition) is 2. The van der Waals surface area contributed by atoms with Gasteiger partial charge < -0.3 is 11.1 Å². The Bertz CT molecular complexity index is 37.1. The van der Waals surface area contributed by atoms with Crippen LogP contribution in [0.3, 0.4) is 0 Å². The van der Waals surface area contributed by atoms with Crippen LogP contribution in [0.2, 0.25) is 0 Å². The van der Waals surface area contributed by atoms with Gasteiger partial charge in [-0.05, 0) is 13.0 Å². The van der Waals surface area contributed by atoms with Crippen molar-refractivity contribution in [1.82, 2.24) is 5.32 Å². The second-order valence-electron chi connectivity index (χ2n) is 1.57. The molecule has 2 heteroatoms. The summed E-state index contributed by atoms with van der Waals surface area (Å²) in [6, 6.07) is 0. The minimum absolute atomic E-state index is 0.199. The second-order valence-corrected chi connectivity index (χ2v) is 1.57. The summed E-state index contributed by atoms with van der Waals surface area (Å²) in [6.45, 7) is 5.08. The maximum atomic E-state index is 5.47. The Hall–Kier alpha value is -0.0800. The molecular formula is C5H14N2. The van der Waals surface area contributed by atoms with Crippen LogP contribution in [0.15, 0.2) is 0 Å². The van der Waals surface area contributed by atoms with Crippen LogP contribution in [-0.2, 0) is 0 Å². The van der Waals surface area contributed by atoms with Gasteiger partial charge in [-0.2, -0.15) is 0 Å². The molecule has 0 fully saturated rings. The number of rotatable bonds is 3. The smallest absolute Gasteiger partial charge is 0.0543 e. The molecule has 0 amide bonds. The first-order valence-electron chi connectivity index (χ1n) is 2.80. The Morgan fingerprint density at radius 1 is 1.57 bits per heavy atom. The molecule has 7 heavy (non-hydrogen) atoms. The van der Waals surface area contributed by atoms with Crippen LogP contribution in [-0.4, -0.2) is 12.7 Å². The molecule has 0 aliphatic carbocycles. The predicted molar refractivity (Wildman–Crippen MR) is 31.9 cm³/mol. The van der Waals surface area contributed by atoms with E-state index in [4.69, 9.17) is 5.73 Å². The minimum Gasteiger partial charge on any atom is -0.316 e. The van der Waals surface area contributed by atoms with Crippen molar-refractivity contribution in [2.75, 3.05) is 6.54 Å². The first kappa shape index (κ1) is 6.92. The first-order chi connectivity index (χ1) is 3.31. The molecule has 1 atom stereocenters. The fraction of sp³-hybridized carbons (Fsp3) is 1.00. The molecular weight excluding hydrogens is 88.1 g/mol. The summed E-state index contributed by atoms with van der Waals surface area (Å²) in [5.74, 6) is 0. The highest BCUT2D eigenvalue weighted by molar-refractivity contribution is 4.50. The third-order valence-corrected chi connectivity index (χ3v) is 0.906. The highest BCUT2D eigenvalue weighted by atomic mass is 15.0. The van der Waals surface area contributed by atoms with Crippen LogP contribution in [0.5, 0.6) is 0 Å². The Labute approximate surface area is 45.1 Å². The van der Waals surface area contributed by atoms with Gasteiger partial charge in [0.1, 0.15) is 0 Å². The lowest BCUT2D eigenvalue weighted by molar-refractivity contribution is 0.531. The molecule has 0 aliphatic heterocycles. The molecule has 0 saturated heterocycles. The average Bonchev–Trinajstić information content (AvgIpc) is 1.68. The van der Waals surface area contributed by atoms with E-state index in [-0.39, 0.29) is 6.17 Å². The van der Waals surface area contributed by atoms with Crippen molar-refractivity contribution in [3.63, 3.8) is 0 Å². The molecule has 0 rings (SSSR count). The van der Waals surface area contributed by atoms with Gasteiger partial charge in [0.05, 0.1) is 6.17 Å². The van der Waals surface area contributed by atoms with Crippen LogP contribution in [0.25, 0.3) is 0 Å². The lowest BCUT2D eigenvalue weighted by Gasteiger charge is -2.06. The highest BCUT2D eigenvalue weighted by Gasteiger charge is 1.90. The Kier molecular flexibility index (Phi) is 4.04. The van der Waals surface area contributed by atoms with E-state index in [0.29, 0.717) is 0 Å². The molecule has 0 aromatic carbocycles. The topological polar surface area (TPSA) is 38.0 Å². The SMILES string of the molecule is CCNC(N)CC. The standard InChI is InChI=1S/C5H14N2/c1-3-5(6)7-4-2/h5,7H,3-4,6H2,1-2H3.